The van der Waals surface area contributed by atoms with Crippen molar-refractivity contribution in [1.82, 2.24) is 0 Å². The molecular formula is C17H30N+. The molecule has 0 unspecified atom stereocenters. The first-order valence-electron chi connectivity index (χ1n) is 7.84. The number of aromatic nitrogens is 1. The quantitative estimate of drug-likeness (QED) is 0.418. The van der Waals surface area contributed by atoms with Crippen molar-refractivity contribution in [3.05, 3.63) is 30.1 Å². The van der Waals surface area contributed by atoms with Gasteiger partial charge in [-0.1, -0.05) is 52.4 Å². The highest BCUT2D eigenvalue weighted by Gasteiger charge is 1.99. The molecule has 0 aliphatic rings. The molecule has 18 heavy (non-hydrogen) atoms. The fourth-order valence-corrected chi connectivity index (χ4v) is 2.30. The molecule has 1 heterocycles. The number of hydrogen-bond acceptors (Lipinski definition) is 0. The van der Waals surface area contributed by atoms with Crippen molar-refractivity contribution in [2.75, 3.05) is 0 Å². The predicted molar refractivity (Wildman–Crippen MR) is 78.6 cm³/mol. The van der Waals surface area contributed by atoms with Crippen LogP contribution in [0.2, 0.25) is 0 Å². The Kier molecular flexibility index (Phi) is 8.54. The molecule has 1 heteroatoms. The number of pyridine rings is 1. The van der Waals surface area contributed by atoms with E-state index in [0.717, 1.165) is 6.42 Å². The van der Waals surface area contributed by atoms with Crippen LogP contribution in [-0.4, -0.2) is 0 Å². The highest BCUT2D eigenvalue weighted by Crippen LogP contribution is 2.08. The summed E-state index contributed by atoms with van der Waals surface area (Å²) < 4.78 is 2.32. The van der Waals surface area contributed by atoms with Gasteiger partial charge in [-0.3, -0.25) is 0 Å². The van der Waals surface area contributed by atoms with Crippen LogP contribution >= 0.6 is 0 Å². The highest BCUT2D eigenvalue weighted by molar-refractivity contribution is 5.06. The Bertz CT molecular complexity index is 289. The third-order valence-corrected chi connectivity index (χ3v) is 3.64. The molecule has 0 N–H and O–H groups in total. The second-order valence-corrected chi connectivity index (χ2v) is 5.27. The molecular weight excluding hydrogens is 218 g/mol. The maximum atomic E-state index is 2.32. The lowest BCUT2D eigenvalue weighted by molar-refractivity contribution is -0.697. The summed E-state index contributed by atoms with van der Waals surface area (Å²) in [5.41, 5.74) is 1.43. The van der Waals surface area contributed by atoms with Crippen molar-refractivity contribution in [1.29, 1.82) is 0 Å². The summed E-state index contributed by atoms with van der Waals surface area (Å²) in [6.45, 7) is 5.66. The molecule has 0 bridgehead atoms. The van der Waals surface area contributed by atoms with Gasteiger partial charge in [0.25, 0.3) is 0 Å². The van der Waals surface area contributed by atoms with Gasteiger partial charge in [0, 0.05) is 18.6 Å². The minimum absolute atomic E-state index is 1.14. The summed E-state index contributed by atoms with van der Waals surface area (Å²) in [6.07, 6.45) is 16.8. The summed E-state index contributed by atoms with van der Waals surface area (Å²) in [4.78, 5) is 0. The average molecular weight is 248 g/mol. The van der Waals surface area contributed by atoms with Crippen molar-refractivity contribution < 1.29 is 4.57 Å². The smallest absolute Gasteiger partial charge is 0.169 e. The van der Waals surface area contributed by atoms with Crippen LogP contribution in [0.4, 0.5) is 0 Å². The van der Waals surface area contributed by atoms with Gasteiger partial charge in [0.2, 0.25) is 0 Å². The van der Waals surface area contributed by atoms with Gasteiger partial charge in [-0.2, -0.15) is 0 Å². The molecule has 1 nitrogen and oxygen atoms in total. The van der Waals surface area contributed by atoms with Gasteiger partial charge >= 0.3 is 0 Å². The monoisotopic (exact) mass is 248 g/mol. The standard InChI is InChI=1S/C17H30N/c1-3-5-6-7-8-9-10-11-14-18-15-12-17(4-2)13-16-18/h12-13,15-16H,3-11,14H2,1-2H3/q+1. The van der Waals surface area contributed by atoms with Crippen molar-refractivity contribution >= 4 is 0 Å². The molecule has 0 saturated carbocycles. The minimum Gasteiger partial charge on any atom is -0.205 e. The number of aryl methyl sites for hydroxylation is 2. The van der Waals surface area contributed by atoms with Gasteiger partial charge in [0.05, 0.1) is 0 Å². The maximum Gasteiger partial charge on any atom is 0.169 e. The molecule has 0 aliphatic heterocycles. The topological polar surface area (TPSA) is 3.88 Å². The molecule has 0 aliphatic carbocycles. The zero-order valence-corrected chi connectivity index (χ0v) is 12.3. The Balaban J connectivity index is 2.00. The van der Waals surface area contributed by atoms with E-state index >= 15 is 0 Å². The zero-order chi connectivity index (χ0) is 13.1. The van der Waals surface area contributed by atoms with Gasteiger partial charge in [-0.15, -0.1) is 0 Å². The van der Waals surface area contributed by atoms with Gasteiger partial charge in [0.1, 0.15) is 6.54 Å². The van der Waals surface area contributed by atoms with Crippen molar-refractivity contribution in [3.63, 3.8) is 0 Å². The summed E-state index contributed by atoms with van der Waals surface area (Å²) in [5.74, 6) is 0. The Morgan fingerprint density at radius 1 is 0.778 bits per heavy atom. The summed E-state index contributed by atoms with van der Waals surface area (Å²) >= 11 is 0. The molecule has 1 aromatic heterocycles. The highest BCUT2D eigenvalue weighted by atomic mass is 14.9. The zero-order valence-electron chi connectivity index (χ0n) is 12.3. The molecule has 0 saturated heterocycles. The number of unbranched alkanes of at least 4 members (excludes halogenated alkanes) is 7. The van der Waals surface area contributed by atoms with Crippen molar-refractivity contribution in [2.24, 2.45) is 0 Å². The van der Waals surface area contributed by atoms with Gasteiger partial charge in [0.15, 0.2) is 12.4 Å². The van der Waals surface area contributed by atoms with Crippen LogP contribution < -0.4 is 4.57 Å². The second-order valence-electron chi connectivity index (χ2n) is 5.27. The van der Waals surface area contributed by atoms with Crippen LogP contribution in [0.25, 0.3) is 0 Å². The van der Waals surface area contributed by atoms with Crippen LogP contribution in [-0.2, 0) is 13.0 Å². The Morgan fingerprint density at radius 3 is 1.89 bits per heavy atom. The lowest BCUT2D eigenvalue weighted by atomic mass is 10.1. The van der Waals surface area contributed by atoms with E-state index in [-0.39, 0.29) is 0 Å². The molecule has 0 amide bonds. The van der Waals surface area contributed by atoms with E-state index in [2.05, 4.69) is 42.9 Å². The van der Waals surface area contributed by atoms with E-state index in [1.54, 1.807) is 0 Å². The van der Waals surface area contributed by atoms with E-state index in [1.165, 1.54) is 63.5 Å². The summed E-state index contributed by atoms with van der Waals surface area (Å²) in [6, 6.07) is 4.48. The lowest BCUT2D eigenvalue weighted by Gasteiger charge is -2.00. The first-order valence-corrected chi connectivity index (χ1v) is 7.84. The van der Waals surface area contributed by atoms with Crippen LogP contribution in [0, 0.1) is 0 Å². The molecule has 0 fully saturated rings. The van der Waals surface area contributed by atoms with Crippen molar-refractivity contribution in [2.45, 2.75) is 78.2 Å². The molecule has 102 valence electrons. The van der Waals surface area contributed by atoms with E-state index in [4.69, 9.17) is 0 Å². The van der Waals surface area contributed by atoms with Gasteiger partial charge < -0.3 is 0 Å². The molecule has 1 rings (SSSR count). The number of nitrogens with zero attached hydrogens (tertiary/aromatic N) is 1. The van der Waals surface area contributed by atoms with E-state index in [0.29, 0.717) is 0 Å². The first kappa shape index (κ1) is 15.2. The SMILES string of the molecule is CCCCCCCCCC[n+]1ccc(CC)cc1. The summed E-state index contributed by atoms with van der Waals surface area (Å²) in [7, 11) is 0. The Hall–Kier alpha value is -0.850. The van der Waals surface area contributed by atoms with Crippen LogP contribution in [0.5, 0.6) is 0 Å². The Morgan fingerprint density at radius 2 is 1.33 bits per heavy atom. The normalized spacial score (nSPS) is 10.8. The molecule has 0 spiro atoms. The fraction of sp³-hybridized carbons (Fsp3) is 0.706. The molecule has 0 aromatic carbocycles. The maximum absolute atomic E-state index is 2.32. The average Bonchev–Trinajstić information content (AvgIpc) is 2.42. The molecule has 0 radical (unpaired) electrons. The van der Waals surface area contributed by atoms with Crippen molar-refractivity contribution in [3.8, 4) is 0 Å². The summed E-state index contributed by atoms with van der Waals surface area (Å²) in [5, 5.41) is 0. The third-order valence-electron chi connectivity index (χ3n) is 3.64. The fourth-order valence-electron chi connectivity index (χ4n) is 2.30. The van der Waals surface area contributed by atoms with Gasteiger partial charge in [-0.25, -0.2) is 4.57 Å². The van der Waals surface area contributed by atoms with Crippen LogP contribution in [0.1, 0.15) is 70.8 Å². The first-order chi connectivity index (χ1) is 8.86. The van der Waals surface area contributed by atoms with Crippen LogP contribution in [0.15, 0.2) is 24.5 Å². The number of rotatable bonds is 10. The molecule has 0 atom stereocenters. The number of hydrogen-bond donors (Lipinski definition) is 0. The molecule has 1 aromatic rings. The van der Waals surface area contributed by atoms with Gasteiger partial charge in [-0.05, 0) is 18.4 Å². The Labute approximate surface area is 113 Å². The van der Waals surface area contributed by atoms with Crippen LogP contribution in [0.3, 0.4) is 0 Å². The van der Waals surface area contributed by atoms with E-state index in [1.807, 2.05) is 0 Å². The largest absolute Gasteiger partial charge is 0.205 e. The third kappa shape index (κ3) is 6.78. The lowest BCUT2D eigenvalue weighted by Crippen LogP contribution is -2.32. The van der Waals surface area contributed by atoms with E-state index < -0.39 is 0 Å². The van der Waals surface area contributed by atoms with E-state index in [9.17, 15) is 0 Å². The second kappa shape index (κ2) is 10.1. The minimum atomic E-state index is 1.14. The predicted octanol–water partition coefficient (Wildman–Crippen LogP) is 4.68.